The number of aromatic nitrogens is 4. The van der Waals surface area contributed by atoms with Crippen molar-refractivity contribution in [2.24, 2.45) is 0 Å². The number of piperidine rings is 1. The molecule has 4 rings (SSSR count). The number of fused-ring (bicyclic) bond motifs is 1. The van der Waals surface area contributed by atoms with Crippen LogP contribution in [0.1, 0.15) is 49.9 Å². The van der Waals surface area contributed by atoms with Gasteiger partial charge in [0.05, 0.1) is 13.2 Å². The van der Waals surface area contributed by atoms with Gasteiger partial charge in [-0.1, -0.05) is 25.2 Å². The Morgan fingerprint density at radius 2 is 1.96 bits per heavy atom. The van der Waals surface area contributed by atoms with Crippen LogP contribution >= 0.6 is 11.3 Å². The van der Waals surface area contributed by atoms with Crippen molar-refractivity contribution in [3.8, 4) is 0 Å². The molecular formula is C16H23N5O3S. The quantitative estimate of drug-likeness (QED) is 0.819. The zero-order chi connectivity index (χ0) is 17.4. The van der Waals surface area contributed by atoms with Gasteiger partial charge < -0.3 is 14.4 Å². The minimum atomic E-state index is -0.433. The van der Waals surface area contributed by atoms with Crippen LogP contribution in [0.15, 0.2) is 0 Å². The first-order valence-electron chi connectivity index (χ1n) is 8.83. The molecule has 2 aliphatic rings. The topological polar surface area (TPSA) is 81.9 Å². The van der Waals surface area contributed by atoms with Crippen LogP contribution in [0.4, 0.5) is 0 Å². The van der Waals surface area contributed by atoms with Gasteiger partial charge in [0.1, 0.15) is 5.01 Å². The summed E-state index contributed by atoms with van der Waals surface area (Å²) in [6.07, 6.45) is 2.62. The third kappa shape index (κ3) is 3.28. The number of aryl methyl sites for hydroxylation is 1. The molecule has 2 saturated heterocycles. The Morgan fingerprint density at radius 1 is 1.24 bits per heavy atom. The van der Waals surface area contributed by atoms with E-state index < -0.39 is 5.79 Å². The molecule has 9 heteroatoms. The Labute approximate surface area is 150 Å². The van der Waals surface area contributed by atoms with E-state index in [2.05, 4.69) is 29.1 Å². The molecule has 1 amide bonds. The molecule has 0 atom stereocenters. The molecule has 0 unspecified atom stereocenters. The highest BCUT2D eigenvalue weighted by atomic mass is 32.1. The number of nitrogens with zero attached hydrogens (tertiary/aromatic N) is 5. The number of hydrogen-bond acceptors (Lipinski definition) is 7. The lowest BCUT2D eigenvalue weighted by Gasteiger charge is -2.37. The van der Waals surface area contributed by atoms with Crippen LogP contribution < -0.4 is 0 Å². The van der Waals surface area contributed by atoms with Crippen molar-refractivity contribution in [1.82, 2.24) is 24.7 Å². The second kappa shape index (κ2) is 6.62. The van der Waals surface area contributed by atoms with Crippen molar-refractivity contribution < 1.29 is 14.3 Å². The average molecular weight is 365 g/mol. The van der Waals surface area contributed by atoms with Crippen LogP contribution in [0.2, 0.25) is 0 Å². The number of likely N-dealkylation sites (tertiary alicyclic amines) is 1. The van der Waals surface area contributed by atoms with E-state index in [0.717, 1.165) is 28.6 Å². The van der Waals surface area contributed by atoms with Crippen molar-refractivity contribution in [3.05, 3.63) is 10.8 Å². The standard InChI is InChI=1S/C16H23N5O3S/c1-11(2)14-17-18-15-21(14)19-12(25-15)3-4-13(22)20-7-5-16(6-8-20)23-9-10-24-16/h11H,3-10H2,1-2H3. The summed E-state index contributed by atoms with van der Waals surface area (Å²) in [6, 6.07) is 0. The predicted molar refractivity (Wildman–Crippen MR) is 91.5 cm³/mol. The van der Waals surface area contributed by atoms with Gasteiger partial charge in [0.2, 0.25) is 10.9 Å². The zero-order valence-electron chi connectivity index (χ0n) is 14.6. The summed E-state index contributed by atoms with van der Waals surface area (Å²) >= 11 is 1.51. The largest absolute Gasteiger partial charge is 0.347 e. The summed E-state index contributed by atoms with van der Waals surface area (Å²) in [7, 11) is 0. The first-order chi connectivity index (χ1) is 12.1. The lowest BCUT2D eigenvalue weighted by atomic mass is 10.0. The molecular weight excluding hydrogens is 342 g/mol. The predicted octanol–water partition coefficient (Wildman–Crippen LogP) is 1.61. The third-order valence-electron chi connectivity index (χ3n) is 4.82. The highest BCUT2D eigenvalue weighted by Crippen LogP contribution is 2.31. The normalized spacial score (nSPS) is 20.2. The van der Waals surface area contributed by atoms with Gasteiger partial charge in [0.25, 0.3) is 0 Å². The van der Waals surface area contributed by atoms with E-state index in [1.54, 1.807) is 4.52 Å². The molecule has 1 spiro atoms. The number of carbonyl (C=O) groups excluding carboxylic acids is 1. The Morgan fingerprint density at radius 3 is 2.64 bits per heavy atom. The molecule has 0 bridgehead atoms. The SMILES string of the molecule is CC(C)c1nnc2sc(CCC(=O)N3CCC4(CC3)OCCO4)nn12. The maximum atomic E-state index is 12.5. The van der Waals surface area contributed by atoms with Crippen molar-refractivity contribution in [3.63, 3.8) is 0 Å². The zero-order valence-corrected chi connectivity index (χ0v) is 15.4. The molecule has 0 aliphatic carbocycles. The van der Waals surface area contributed by atoms with Gasteiger partial charge in [0, 0.05) is 44.7 Å². The fourth-order valence-electron chi connectivity index (χ4n) is 3.39. The monoisotopic (exact) mass is 365 g/mol. The Kier molecular flexibility index (Phi) is 4.47. The molecule has 0 N–H and O–H groups in total. The highest BCUT2D eigenvalue weighted by Gasteiger charge is 2.40. The smallest absolute Gasteiger partial charge is 0.234 e. The average Bonchev–Trinajstić information content (AvgIpc) is 3.29. The van der Waals surface area contributed by atoms with E-state index in [1.165, 1.54) is 11.3 Å². The van der Waals surface area contributed by atoms with Crippen LogP contribution in [0.5, 0.6) is 0 Å². The van der Waals surface area contributed by atoms with Gasteiger partial charge >= 0.3 is 0 Å². The van der Waals surface area contributed by atoms with Crippen molar-refractivity contribution in [2.45, 2.75) is 51.2 Å². The molecule has 2 aromatic rings. The molecule has 8 nitrogen and oxygen atoms in total. The van der Waals surface area contributed by atoms with Gasteiger partial charge in [-0.15, -0.1) is 10.2 Å². The maximum Gasteiger partial charge on any atom is 0.234 e. The summed E-state index contributed by atoms with van der Waals surface area (Å²) in [6.45, 7) is 6.85. The van der Waals surface area contributed by atoms with Crippen molar-refractivity contribution in [1.29, 1.82) is 0 Å². The minimum absolute atomic E-state index is 0.169. The Balaban J connectivity index is 1.33. The molecule has 25 heavy (non-hydrogen) atoms. The summed E-state index contributed by atoms with van der Waals surface area (Å²) in [5.41, 5.74) is 0. The molecule has 136 valence electrons. The van der Waals surface area contributed by atoms with Crippen LogP contribution in [0, 0.1) is 0 Å². The summed E-state index contributed by atoms with van der Waals surface area (Å²) < 4.78 is 13.2. The second-order valence-corrected chi connectivity index (χ2v) is 7.93. The Bertz CT molecular complexity index is 755. The van der Waals surface area contributed by atoms with Gasteiger partial charge in [-0.2, -0.15) is 9.61 Å². The summed E-state index contributed by atoms with van der Waals surface area (Å²) in [5, 5.41) is 13.8. The third-order valence-corrected chi connectivity index (χ3v) is 5.78. The van der Waals surface area contributed by atoms with Gasteiger partial charge in [0.15, 0.2) is 11.6 Å². The van der Waals surface area contributed by atoms with Crippen molar-refractivity contribution in [2.75, 3.05) is 26.3 Å². The van der Waals surface area contributed by atoms with Gasteiger partial charge in [-0.05, 0) is 0 Å². The molecule has 2 aromatic heterocycles. The number of hydrogen-bond donors (Lipinski definition) is 0. The fourth-order valence-corrected chi connectivity index (χ4v) is 4.23. The second-order valence-electron chi connectivity index (χ2n) is 6.89. The van der Waals surface area contributed by atoms with Gasteiger partial charge in [-0.25, -0.2) is 0 Å². The van der Waals surface area contributed by atoms with Gasteiger partial charge in [-0.3, -0.25) is 4.79 Å². The molecule has 2 fully saturated rings. The van der Waals surface area contributed by atoms with E-state index in [9.17, 15) is 4.79 Å². The van der Waals surface area contributed by atoms with E-state index in [0.29, 0.717) is 39.1 Å². The van der Waals surface area contributed by atoms with E-state index in [-0.39, 0.29) is 11.8 Å². The number of ether oxygens (including phenoxy) is 2. The maximum absolute atomic E-state index is 12.5. The molecule has 0 radical (unpaired) electrons. The lowest BCUT2D eigenvalue weighted by molar-refractivity contribution is -0.187. The molecule has 0 aromatic carbocycles. The minimum Gasteiger partial charge on any atom is -0.347 e. The van der Waals surface area contributed by atoms with Crippen LogP contribution in [-0.4, -0.2) is 62.7 Å². The molecule has 4 heterocycles. The summed E-state index contributed by atoms with van der Waals surface area (Å²) in [5.74, 6) is 0.870. The van der Waals surface area contributed by atoms with Crippen LogP contribution in [-0.2, 0) is 20.7 Å². The van der Waals surface area contributed by atoms with E-state index in [4.69, 9.17) is 9.47 Å². The molecule has 0 saturated carbocycles. The Hall–Kier alpha value is -1.58. The summed E-state index contributed by atoms with van der Waals surface area (Å²) in [4.78, 5) is 15.2. The highest BCUT2D eigenvalue weighted by molar-refractivity contribution is 7.16. The lowest BCUT2D eigenvalue weighted by Crippen LogP contribution is -2.47. The van der Waals surface area contributed by atoms with Crippen LogP contribution in [0.25, 0.3) is 4.96 Å². The van der Waals surface area contributed by atoms with E-state index in [1.807, 2.05) is 4.90 Å². The first kappa shape index (κ1) is 16.9. The molecule has 2 aliphatic heterocycles. The first-order valence-corrected chi connectivity index (χ1v) is 9.65. The van der Waals surface area contributed by atoms with E-state index >= 15 is 0 Å². The fraction of sp³-hybridized carbons (Fsp3) is 0.750. The number of carbonyl (C=O) groups is 1. The van der Waals surface area contributed by atoms with Crippen LogP contribution in [0.3, 0.4) is 0 Å². The van der Waals surface area contributed by atoms with Crippen molar-refractivity contribution >= 4 is 22.2 Å². The number of rotatable bonds is 4. The number of amides is 1.